The summed E-state index contributed by atoms with van der Waals surface area (Å²) in [6.07, 6.45) is 5.22. The highest BCUT2D eigenvalue weighted by molar-refractivity contribution is 5.67. The molecule has 1 heterocycles. The average molecular weight is 302 g/mol. The van der Waals surface area contributed by atoms with E-state index < -0.39 is 16.6 Å². The lowest BCUT2D eigenvalue weighted by molar-refractivity contribution is 0.161. The van der Waals surface area contributed by atoms with Gasteiger partial charge < -0.3 is 9.84 Å². The van der Waals surface area contributed by atoms with Crippen LogP contribution in [0.2, 0.25) is 0 Å². The van der Waals surface area contributed by atoms with Crippen LogP contribution in [-0.4, -0.2) is 5.11 Å². The van der Waals surface area contributed by atoms with Gasteiger partial charge in [-0.15, -0.1) is 0 Å². The van der Waals surface area contributed by atoms with E-state index in [1.807, 2.05) is 53.7 Å². The third-order valence-corrected chi connectivity index (χ3v) is 3.53. The molecule has 118 valence electrons. The zero-order valence-electron chi connectivity index (χ0n) is 13.9. The second-order valence-electron chi connectivity index (χ2n) is 7.68. The molecule has 0 saturated heterocycles. The first-order valence-electron chi connectivity index (χ1n) is 7.27. The zero-order valence-corrected chi connectivity index (χ0v) is 13.9. The predicted molar refractivity (Wildman–Crippen MR) is 87.2 cm³/mol. The van der Waals surface area contributed by atoms with Gasteiger partial charge >= 0.3 is 0 Å². The van der Waals surface area contributed by atoms with E-state index in [0.29, 0.717) is 0 Å². The first-order valence-corrected chi connectivity index (χ1v) is 7.27. The Bertz CT molecular complexity index is 735. The normalized spacial score (nSPS) is 16.2. The van der Waals surface area contributed by atoms with Gasteiger partial charge in [-0.25, -0.2) is 0 Å². The summed E-state index contributed by atoms with van der Waals surface area (Å²) in [6.45, 7) is 12.2. The predicted octanol–water partition coefficient (Wildman–Crippen LogP) is 3.26. The van der Waals surface area contributed by atoms with Crippen LogP contribution in [0.25, 0.3) is 6.08 Å². The van der Waals surface area contributed by atoms with Crippen molar-refractivity contribution in [1.29, 1.82) is 0 Å². The third-order valence-electron chi connectivity index (χ3n) is 3.53. The summed E-state index contributed by atoms with van der Waals surface area (Å²) < 4.78 is 6.00. The van der Waals surface area contributed by atoms with Crippen molar-refractivity contribution in [2.45, 2.75) is 41.5 Å². The number of allylic oxidation sites excluding steroid dienone is 5. The minimum Gasteiger partial charge on any atom is -0.504 e. The molecule has 4 heteroatoms. The van der Waals surface area contributed by atoms with E-state index in [4.69, 9.17) is 4.74 Å². The summed E-state index contributed by atoms with van der Waals surface area (Å²) >= 11 is 0. The molecule has 0 spiro atoms. The number of rotatable bonds is 1. The Labute approximate surface area is 130 Å². The standard InChI is InChI=1S/C18H22O4/c1-17(2,3)12-8-10(9-13(22-12)18(4,5)6)7-11-14(19)16(21)15(11)20/h7-9,19H,1-6H3. The fourth-order valence-corrected chi connectivity index (χ4v) is 2.04. The minimum absolute atomic E-state index is 0.0657. The van der Waals surface area contributed by atoms with Crippen LogP contribution in [0.5, 0.6) is 5.75 Å². The van der Waals surface area contributed by atoms with Gasteiger partial charge in [0.25, 0.3) is 5.43 Å². The number of ether oxygens (including phenoxy) is 1. The first-order chi connectivity index (χ1) is 9.91. The molecule has 1 N–H and O–H groups in total. The summed E-state index contributed by atoms with van der Waals surface area (Å²) in [4.78, 5) is 22.6. The molecule has 4 nitrogen and oxygen atoms in total. The first kappa shape index (κ1) is 16.3. The molecule has 2 rings (SSSR count). The maximum Gasteiger partial charge on any atom is 0.268 e. The van der Waals surface area contributed by atoms with Crippen LogP contribution in [0.4, 0.5) is 0 Å². The monoisotopic (exact) mass is 302 g/mol. The van der Waals surface area contributed by atoms with E-state index in [2.05, 4.69) is 0 Å². The van der Waals surface area contributed by atoms with Crippen molar-refractivity contribution in [3.8, 4) is 5.75 Å². The number of aromatic hydroxyl groups is 1. The van der Waals surface area contributed by atoms with Crippen molar-refractivity contribution in [2.24, 2.45) is 10.8 Å². The molecule has 0 bridgehead atoms. The van der Waals surface area contributed by atoms with Crippen LogP contribution in [0.15, 0.2) is 38.8 Å². The van der Waals surface area contributed by atoms with Crippen LogP contribution in [0.1, 0.15) is 47.1 Å². The maximum absolute atomic E-state index is 11.5. The Kier molecular flexibility index (Phi) is 3.68. The smallest absolute Gasteiger partial charge is 0.268 e. The molecular formula is C18H22O4. The molecule has 0 aliphatic carbocycles. The van der Waals surface area contributed by atoms with E-state index in [-0.39, 0.29) is 16.4 Å². The lowest BCUT2D eigenvalue weighted by atomic mass is 9.86. The van der Waals surface area contributed by atoms with Crippen LogP contribution >= 0.6 is 0 Å². The van der Waals surface area contributed by atoms with Crippen molar-refractivity contribution >= 4 is 6.08 Å². The topological polar surface area (TPSA) is 63.6 Å². The van der Waals surface area contributed by atoms with Crippen LogP contribution in [0, 0.1) is 10.8 Å². The SMILES string of the molecule is CC(C)(C)C1=CC(=Cc2c(O)c(=O)c2=O)C=C(C(C)(C)C)O1. The number of hydrogen-bond acceptors (Lipinski definition) is 4. The summed E-state index contributed by atoms with van der Waals surface area (Å²) in [6, 6.07) is 0. The van der Waals surface area contributed by atoms with Gasteiger partial charge in [-0.1, -0.05) is 41.5 Å². The highest BCUT2D eigenvalue weighted by Gasteiger charge is 2.29. The van der Waals surface area contributed by atoms with Crippen LogP contribution < -0.4 is 10.9 Å². The fraction of sp³-hybridized carbons (Fsp3) is 0.444. The molecule has 1 aromatic rings. The molecular weight excluding hydrogens is 280 g/mol. The van der Waals surface area contributed by atoms with Gasteiger partial charge in [0.15, 0.2) is 5.75 Å². The summed E-state index contributed by atoms with van der Waals surface area (Å²) in [5.41, 5.74) is -1.05. The Morgan fingerprint density at radius 1 is 0.909 bits per heavy atom. The Balaban J connectivity index is 2.54. The van der Waals surface area contributed by atoms with Crippen molar-refractivity contribution in [3.05, 3.63) is 55.3 Å². The second kappa shape index (κ2) is 4.97. The summed E-state index contributed by atoms with van der Waals surface area (Å²) in [5.74, 6) is 1.11. The molecule has 0 atom stereocenters. The summed E-state index contributed by atoms with van der Waals surface area (Å²) in [5, 5.41) is 9.52. The summed E-state index contributed by atoms with van der Waals surface area (Å²) in [7, 11) is 0. The molecule has 1 aromatic carbocycles. The second-order valence-corrected chi connectivity index (χ2v) is 7.68. The van der Waals surface area contributed by atoms with E-state index in [1.165, 1.54) is 0 Å². The van der Waals surface area contributed by atoms with Crippen molar-refractivity contribution in [1.82, 2.24) is 0 Å². The van der Waals surface area contributed by atoms with Crippen LogP contribution in [0.3, 0.4) is 0 Å². The maximum atomic E-state index is 11.5. The molecule has 0 amide bonds. The van der Waals surface area contributed by atoms with Gasteiger partial charge in [0.2, 0.25) is 5.43 Å². The van der Waals surface area contributed by atoms with Crippen molar-refractivity contribution < 1.29 is 9.84 Å². The average Bonchev–Trinajstić information content (AvgIpc) is 2.41. The van der Waals surface area contributed by atoms with Crippen molar-refractivity contribution in [3.63, 3.8) is 0 Å². The van der Waals surface area contributed by atoms with E-state index in [9.17, 15) is 14.7 Å². The Morgan fingerprint density at radius 2 is 1.36 bits per heavy atom. The fourth-order valence-electron chi connectivity index (χ4n) is 2.04. The molecule has 0 aromatic heterocycles. The number of hydrogen-bond donors (Lipinski definition) is 1. The zero-order chi connectivity index (χ0) is 16.9. The van der Waals surface area contributed by atoms with Crippen LogP contribution in [-0.2, 0) is 4.74 Å². The highest BCUT2D eigenvalue weighted by atomic mass is 16.5. The van der Waals surface area contributed by atoms with E-state index >= 15 is 0 Å². The van der Waals surface area contributed by atoms with Gasteiger partial charge in [0.05, 0.1) is 5.56 Å². The quantitative estimate of drug-likeness (QED) is 0.809. The molecule has 0 fully saturated rings. The molecule has 22 heavy (non-hydrogen) atoms. The van der Waals surface area contributed by atoms with E-state index in [1.54, 1.807) is 6.08 Å². The van der Waals surface area contributed by atoms with Gasteiger partial charge in [0, 0.05) is 10.8 Å². The Morgan fingerprint density at radius 3 is 1.73 bits per heavy atom. The van der Waals surface area contributed by atoms with Gasteiger partial charge in [-0.05, 0) is 23.8 Å². The highest BCUT2D eigenvalue weighted by Crippen LogP contribution is 2.39. The molecule has 0 saturated carbocycles. The Hall–Kier alpha value is -2.10. The largest absolute Gasteiger partial charge is 0.504 e. The molecule has 0 unspecified atom stereocenters. The van der Waals surface area contributed by atoms with Crippen molar-refractivity contribution in [2.75, 3.05) is 0 Å². The van der Waals surface area contributed by atoms with Gasteiger partial charge in [0.1, 0.15) is 11.5 Å². The minimum atomic E-state index is -0.820. The van der Waals surface area contributed by atoms with Gasteiger partial charge in [-0.3, -0.25) is 9.59 Å². The third kappa shape index (κ3) is 2.91. The molecule has 1 aliphatic heterocycles. The van der Waals surface area contributed by atoms with E-state index in [0.717, 1.165) is 17.1 Å². The lowest BCUT2D eigenvalue weighted by Crippen LogP contribution is -2.32. The van der Waals surface area contributed by atoms with Gasteiger partial charge in [-0.2, -0.15) is 0 Å². The molecule has 1 aliphatic rings. The molecule has 0 radical (unpaired) electrons. The lowest BCUT2D eigenvalue weighted by Gasteiger charge is -2.32.